The minimum absolute atomic E-state index is 0.148. The summed E-state index contributed by atoms with van der Waals surface area (Å²) < 4.78 is 0. The Morgan fingerprint density at radius 2 is 1.54 bits per heavy atom. The van der Waals surface area contributed by atoms with Gasteiger partial charge in [0.25, 0.3) is 0 Å². The van der Waals surface area contributed by atoms with Crippen molar-refractivity contribution in [2.75, 3.05) is 0 Å². The quantitative estimate of drug-likeness (QED) is 0.703. The molecule has 0 saturated carbocycles. The fraction of sp³-hybridized carbons (Fsp3) is 0.833. The van der Waals surface area contributed by atoms with Gasteiger partial charge in [0.1, 0.15) is 0 Å². The van der Waals surface area contributed by atoms with E-state index < -0.39 is 0 Å². The Labute approximate surface area is 83.6 Å². The van der Waals surface area contributed by atoms with Crippen molar-refractivity contribution in [3.63, 3.8) is 0 Å². The number of rotatable bonds is 3. The van der Waals surface area contributed by atoms with E-state index in [2.05, 4.69) is 53.4 Å². The highest BCUT2D eigenvalue weighted by atomic mass is 15.0. The smallest absolute Gasteiger partial charge is 0.0286 e. The molecule has 1 N–H and O–H groups in total. The highest BCUT2D eigenvalue weighted by Crippen LogP contribution is 2.22. The molecule has 1 heteroatoms. The van der Waals surface area contributed by atoms with Crippen molar-refractivity contribution in [3.8, 4) is 0 Å². The molecule has 0 atom stereocenters. The second-order valence-corrected chi connectivity index (χ2v) is 6.04. The molecular weight excluding hydrogens is 158 g/mol. The van der Waals surface area contributed by atoms with Crippen molar-refractivity contribution < 1.29 is 0 Å². The van der Waals surface area contributed by atoms with Crippen LogP contribution in [0.1, 0.15) is 54.4 Å². The molecule has 0 aliphatic carbocycles. The molecule has 0 aliphatic heterocycles. The second-order valence-electron chi connectivity index (χ2n) is 6.04. The van der Waals surface area contributed by atoms with Crippen LogP contribution in [-0.4, -0.2) is 5.54 Å². The average molecular weight is 183 g/mol. The molecule has 0 aromatic carbocycles. The Hall–Kier alpha value is -0.460. The molecular formula is C12H25N. The predicted molar refractivity (Wildman–Crippen MR) is 60.7 cm³/mol. The van der Waals surface area contributed by atoms with Gasteiger partial charge in [0.2, 0.25) is 0 Å². The first-order valence-corrected chi connectivity index (χ1v) is 5.06. The molecule has 0 radical (unpaired) electrons. The molecule has 0 aromatic heterocycles. The first-order chi connectivity index (χ1) is 5.60. The van der Waals surface area contributed by atoms with Gasteiger partial charge in [-0.05, 0) is 39.0 Å². The third kappa shape index (κ3) is 9.45. The van der Waals surface area contributed by atoms with Gasteiger partial charge in [-0.15, -0.1) is 0 Å². The summed E-state index contributed by atoms with van der Waals surface area (Å²) in [6.07, 6.45) is 2.26. The van der Waals surface area contributed by atoms with E-state index in [1.54, 1.807) is 0 Å². The van der Waals surface area contributed by atoms with E-state index in [0.29, 0.717) is 5.41 Å². The van der Waals surface area contributed by atoms with E-state index >= 15 is 0 Å². The van der Waals surface area contributed by atoms with Crippen molar-refractivity contribution in [2.24, 2.45) is 5.41 Å². The number of hydrogen-bond donors (Lipinski definition) is 1. The predicted octanol–water partition coefficient (Wildman–Crippen LogP) is 3.71. The zero-order valence-corrected chi connectivity index (χ0v) is 10.1. The first kappa shape index (κ1) is 12.5. The van der Waals surface area contributed by atoms with Crippen LogP contribution in [0.5, 0.6) is 0 Å². The third-order valence-corrected chi connectivity index (χ3v) is 1.73. The molecule has 0 spiro atoms. The van der Waals surface area contributed by atoms with Crippen LogP contribution >= 0.6 is 0 Å². The molecule has 0 rings (SSSR count). The SMILES string of the molecule is C=C(CCC(C)(C)C)NC(C)(C)C. The highest BCUT2D eigenvalue weighted by molar-refractivity contribution is 4.96. The molecule has 13 heavy (non-hydrogen) atoms. The molecule has 1 nitrogen and oxygen atoms in total. The second kappa shape index (κ2) is 4.17. The van der Waals surface area contributed by atoms with Gasteiger partial charge in [0.05, 0.1) is 0 Å². The summed E-state index contributed by atoms with van der Waals surface area (Å²) in [5.41, 5.74) is 1.71. The lowest BCUT2D eigenvalue weighted by atomic mass is 9.90. The minimum Gasteiger partial charge on any atom is -0.384 e. The van der Waals surface area contributed by atoms with Gasteiger partial charge in [-0.3, -0.25) is 0 Å². The van der Waals surface area contributed by atoms with Gasteiger partial charge in [0.15, 0.2) is 0 Å². The Bertz CT molecular complexity index is 167. The summed E-state index contributed by atoms with van der Waals surface area (Å²) in [6.45, 7) is 17.3. The van der Waals surface area contributed by atoms with Crippen LogP contribution in [0, 0.1) is 5.41 Å². The molecule has 0 bridgehead atoms. The monoisotopic (exact) mass is 183 g/mol. The zero-order valence-electron chi connectivity index (χ0n) is 10.1. The largest absolute Gasteiger partial charge is 0.384 e. The fourth-order valence-corrected chi connectivity index (χ4v) is 1.12. The lowest BCUT2D eigenvalue weighted by Crippen LogP contribution is -2.34. The van der Waals surface area contributed by atoms with Crippen molar-refractivity contribution in [1.82, 2.24) is 5.32 Å². The molecule has 0 aromatic rings. The first-order valence-electron chi connectivity index (χ1n) is 5.06. The summed E-state index contributed by atoms with van der Waals surface area (Å²) in [7, 11) is 0. The van der Waals surface area contributed by atoms with Crippen molar-refractivity contribution >= 4 is 0 Å². The standard InChI is InChI=1S/C12H25N/c1-10(13-12(5,6)7)8-9-11(2,3)4/h13H,1,8-9H2,2-7H3. The van der Waals surface area contributed by atoms with E-state index in [1.165, 1.54) is 6.42 Å². The van der Waals surface area contributed by atoms with Crippen LogP contribution in [0.4, 0.5) is 0 Å². The van der Waals surface area contributed by atoms with Crippen molar-refractivity contribution in [2.45, 2.75) is 59.9 Å². The normalized spacial score (nSPS) is 12.8. The van der Waals surface area contributed by atoms with Crippen LogP contribution in [0.2, 0.25) is 0 Å². The van der Waals surface area contributed by atoms with Crippen LogP contribution < -0.4 is 5.32 Å². The van der Waals surface area contributed by atoms with Gasteiger partial charge >= 0.3 is 0 Å². The maximum Gasteiger partial charge on any atom is 0.0286 e. The third-order valence-electron chi connectivity index (χ3n) is 1.73. The van der Waals surface area contributed by atoms with Crippen LogP contribution in [0.25, 0.3) is 0 Å². The Morgan fingerprint density at radius 1 is 1.08 bits per heavy atom. The molecule has 0 saturated heterocycles. The maximum atomic E-state index is 4.03. The van der Waals surface area contributed by atoms with Crippen LogP contribution in [0.15, 0.2) is 12.3 Å². The van der Waals surface area contributed by atoms with Crippen molar-refractivity contribution in [3.05, 3.63) is 12.3 Å². The highest BCUT2D eigenvalue weighted by Gasteiger charge is 2.13. The maximum absolute atomic E-state index is 4.03. The van der Waals surface area contributed by atoms with Gasteiger partial charge in [-0.1, -0.05) is 27.4 Å². The Balaban J connectivity index is 3.78. The number of nitrogens with one attached hydrogen (secondary N) is 1. The van der Waals surface area contributed by atoms with E-state index in [1.807, 2.05) is 0 Å². The summed E-state index contributed by atoms with van der Waals surface area (Å²) in [5.74, 6) is 0. The molecule has 0 amide bonds. The van der Waals surface area contributed by atoms with E-state index in [9.17, 15) is 0 Å². The van der Waals surface area contributed by atoms with Crippen molar-refractivity contribution in [1.29, 1.82) is 0 Å². The number of allylic oxidation sites excluding steroid dienone is 1. The Kier molecular flexibility index (Phi) is 4.02. The van der Waals surface area contributed by atoms with Gasteiger partial charge < -0.3 is 5.32 Å². The average Bonchev–Trinajstić information content (AvgIpc) is 1.78. The summed E-state index contributed by atoms with van der Waals surface area (Å²) in [5, 5.41) is 3.40. The topological polar surface area (TPSA) is 12.0 Å². The Morgan fingerprint density at radius 3 is 1.85 bits per heavy atom. The van der Waals surface area contributed by atoms with E-state index in [-0.39, 0.29) is 5.54 Å². The summed E-state index contributed by atoms with van der Waals surface area (Å²) in [4.78, 5) is 0. The van der Waals surface area contributed by atoms with E-state index in [4.69, 9.17) is 0 Å². The molecule has 0 heterocycles. The molecule has 0 aliphatic rings. The zero-order chi connectivity index (χ0) is 10.7. The van der Waals surface area contributed by atoms with Gasteiger partial charge in [-0.25, -0.2) is 0 Å². The lowest BCUT2D eigenvalue weighted by molar-refractivity contribution is 0.364. The summed E-state index contributed by atoms with van der Waals surface area (Å²) in [6, 6.07) is 0. The molecule has 78 valence electrons. The van der Waals surface area contributed by atoms with Gasteiger partial charge in [-0.2, -0.15) is 0 Å². The van der Waals surface area contributed by atoms with E-state index in [0.717, 1.165) is 12.1 Å². The molecule has 0 unspecified atom stereocenters. The molecule has 0 fully saturated rings. The van der Waals surface area contributed by atoms with Crippen LogP contribution in [0.3, 0.4) is 0 Å². The minimum atomic E-state index is 0.148. The van der Waals surface area contributed by atoms with Crippen LogP contribution in [-0.2, 0) is 0 Å². The fourth-order valence-electron chi connectivity index (χ4n) is 1.12. The number of hydrogen-bond acceptors (Lipinski definition) is 1. The summed E-state index contributed by atoms with van der Waals surface area (Å²) >= 11 is 0. The lowest BCUT2D eigenvalue weighted by Gasteiger charge is -2.26. The van der Waals surface area contributed by atoms with Gasteiger partial charge in [0, 0.05) is 11.2 Å².